The Morgan fingerprint density at radius 3 is 2.00 bits per heavy atom. The fraction of sp³-hybridized carbons (Fsp3) is 0.0588. The van der Waals surface area contributed by atoms with Crippen molar-refractivity contribution < 1.29 is 18.9 Å². The van der Waals surface area contributed by atoms with Crippen molar-refractivity contribution in [3.63, 3.8) is 0 Å². The van der Waals surface area contributed by atoms with Crippen LogP contribution in [0.2, 0.25) is 0 Å². The quantitative estimate of drug-likeness (QED) is 0.306. The number of allylic oxidation sites excluding steroid dienone is 1. The zero-order chi connectivity index (χ0) is 11.2. The summed E-state index contributed by atoms with van der Waals surface area (Å²) in [7, 11) is 0. The van der Waals surface area contributed by atoms with Gasteiger partial charge in [-0.05, 0) is 16.2 Å². The van der Waals surface area contributed by atoms with Crippen LogP contribution in [0.3, 0.4) is 0 Å². The molecule has 0 nitrogen and oxygen atoms in total. The largest absolute Gasteiger partial charge is 1.00 e. The maximum Gasteiger partial charge on any atom is 1.00 e. The minimum absolute atomic E-state index is 0. The molecule has 1 heteroatoms. The van der Waals surface area contributed by atoms with E-state index in [1.54, 1.807) is 0 Å². The van der Waals surface area contributed by atoms with Gasteiger partial charge < -0.3 is 0 Å². The van der Waals surface area contributed by atoms with E-state index in [0.29, 0.717) is 0 Å². The number of fused-ring (bicyclic) bond motifs is 6. The van der Waals surface area contributed by atoms with E-state index in [2.05, 4.69) is 60.7 Å². The third kappa shape index (κ3) is 1.47. The summed E-state index contributed by atoms with van der Waals surface area (Å²) in [5.41, 5.74) is 2.79. The van der Waals surface area contributed by atoms with Gasteiger partial charge in [0.2, 0.25) is 0 Å². The molecule has 0 bridgehead atoms. The van der Waals surface area contributed by atoms with Crippen LogP contribution in [0.15, 0.2) is 48.5 Å². The summed E-state index contributed by atoms with van der Waals surface area (Å²) in [6.45, 7) is 0. The third-order valence-corrected chi connectivity index (χ3v) is 3.61. The molecule has 0 N–H and O–H groups in total. The minimum atomic E-state index is 0. The second-order valence-electron chi connectivity index (χ2n) is 4.51. The molecular weight excluding hydrogens is 211 g/mol. The topological polar surface area (TPSA) is 0 Å². The summed E-state index contributed by atoms with van der Waals surface area (Å²) in [5, 5.41) is 5.44. The van der Waals surface area contributed by atoms with Crippen LogP contribution in [0.4, 0.5) is 0 Å². The van der Waals surface area contributed by atoms with Crippen LogP contribution < -0.4 is 18.9 Å². The predicted octanol–water partition coefficient (Wildman–Crippen LogP) is 1.37. The van der Waals surface area contributed by atoms with Crippen LogP contribution in [-0.2, 0) is 6.42 Å². The molecule has 0 saturated heterocycles. The van der Waals surface area contributed by atoms with Gasteiger partial charge in [0.05, 0.1) is 0 Å². The van der Waals surface area contributed by atoms with Gasteiger partial charge in [0.25, 0.3) is 0 Å². The minimum Gasteiger partial charge on any atom is -0.272 e. The van der Waals surface area contributed by atoms with Crippen LogP contribution in [0.1, 0.15) is 11.1 Å². The van der Waals surface area contributed by atoms with Gasteiger partial charge in [0.15, 0.2) is 0 Å². The second kappa shape index (κ2) is 4.32. The van der Waals surface area contributed by atoms with Crippen molar-refractivity contribution in [2.45, 2.75) is 6.42 Å². The Bertz CT molecular complexity index is 769. The van der Waals surface area contributed by atoms with Gasteiger partial charge in [0, 0.05) is 0 Å². The molecule has 0 fully saturated rings. The van der Waals surface area contributed by atoms with Crippen LogP contribution in [0, 0.1) is 6.08 Å². The van der Waals surface area contributed by atoms with E-state index >= 15 is 0 Å². The van der Waals surface area contributed by atoms with E-state index in [0.717, 1.165) is 6.42 Å². The third-order valence-electron chi connectivity index (χ3n) is 3.61. The van der Waals surface area contributed by atoms with Gasteiger partial charge in [-0.15, -0.1) is 12.0 Å². The maximum atomic E-state index is 3.35. The summed E-state index contributed by atoms with van der Waals surface area (Å²) in [4.78, 5) is 0. The molecule has 0 aromatic heterocycles. The molecule has 3 aromatic carbocycles. The molecule has 4 rings (SSSR count). The molecule has 0 atom stereocenters. The average molecular weight is 222 g/mol. The summed E-state index contributed by atoms with van der Waals surface area (Å²) < 4.78 is 0. The fourth-order valence-electron chi connectivity index (χ4n) is 2.85. The SMILES string of the molecule is [C-]1=Cc2c(c3ccccc3c3ccccc23)C1.[Li+]. The van der Waals surface area contributed by atoms with Crippen molar-refractivity contribution in [1.29, 1.82) is 0 Å². The van der Waals surface area contributed by atoms with Crippen LogP contribution in [-0.4, -0.2) is 0 Å². The van der Waals surface area contributed by atoms with Crippen LogP contribution in [0.25, 0.3) is 27.6 Å². The Morgan fingerprint density at radius 1 is 0.722 bits per heavy atom. The molecule has 0 spiro atoms. The number of benzene rings is 3. The summed E-state index contributed by atoms with van der Waals surface area (Å²) in [6, 6.07) is 17.3. The zero-order valence-corrected chi connectivity index (χ0v) is 10.4. The molecular formula is C17H11Li. The fourth-order valence-corrected chi connectivity index (χ4v) is 2.85. The van der Waals surface area contributed by atoms with Crippen molar-refractivity contribution in [3.8, 4) is 0 Å². The molecule has 0 aliphatic heterocycles. The molecule has 1 aliphatic carbocycles. The van der Waals surface area contributed by atoms with E-state index in [1.807, 2.05) is 0 Å². The normalized spacial score (nSPS) is 12.7. The number of hydrogen-bond donors (Lipinski definition) is 0. The van der Waals surface area contributed by atoms with Crippen LogP contribution >= 0.6 is 0 Å². The van der Waals surface area contributed by atoms with Crippen molar-refractivity contribution >= 4 is 27.6 Å². The van der Waals surface area contributed by atoms with Gasteiger partial charge in [0.1, 0.15) is 0 Å². The van der Waals surface area contributed by atoms with Crippen molar-refractivity contribution in [2.24, 2.45) is 0 Å². The van der Waals surface area contributed by atoms with Crippen molar-refractivity contribution in [2.75, 3.05) is 0 Å². The molecule has 0 heterocycles. The molecule has 0 unspecified atom stereocenters. The first-order valence-corrected chi connectivity index (χ1v) is 5.94. The number of hydrogen-bond acceptors (Lipinski definition) is 0. The molecule has 0 saturated carbocycles. The van der Waals surface area contributed by atoms with Crippen molar-refractivity contribution in [3.05, 3.63) is 65.7 Å². The van der Waals surface area contributed by atoms with E-state index in [4.69, 9.17) is 0 Å². The molecule has 3 aromatic rings. The second-order valence-corrected chi connectivity index (χ2v) is 4.51. The van der Waals surface area contributed by atoms with E-state index in [1.165, 1.54) is 32.7 Å². The Kier molecular flexibility index (Phi) is 2.78. The van der Waals surface area contributed by atoms with Gasteiger partial charge in [-0.25, -0.2) is 6.08 Å². The molecule has 0 radical (unpaired) electrons. The van der Waals surface area contributed by atoms with Crippen LogP contribution in [0.5, 0.6) is 0 Å². The Labute approximate surface area is 118 Å². The van der Waals surface area contributed by atoms with Gasteiger partial charge >= 0.3 is 18.9 Å². The molecule has 1 aliphatic rings. The number of rotatable bonds is 0. The molecule has 80 valence electrons. The summed E-state index contributed by atoms with van der Waals surface area (Å²) in [5.74, 6) is 0. The first-order chi connectivity index (χ1) is 8.45. The predicted molar refractivity (Wildman–Crippen MR) is 72.9 cm³/mol. The van der Waals surface area contributed by atoms with Gasteiger partial charge in [-0.2, -0.15) is 5.56 Å². The Morgan fingerprint density at radius 2 is 1.28 bits per heavy atom. The Hall–Kier alpha value is -1.48. The summed E-state index contributed by atoms with van der Waals surface area (Å²) in [6.07, 6.45) is 6.44. The monoisotopic (exact) mass is 222 g/mol. The van der Waals surface area contributed by atoms with E-state index < -0.39 is 0 Å². The first-order valence-electron chi connectivity index (χ1n) is 5.94. The molecule has 18 heavy (non-hydrogen) atoms. The zero-order valence-electron chi connectivity index (χ0n) is 10.4. The standard InChI is InChI=1S/C17H11.Li/c1-3-8-14-12(6-1)13-7-2-4-9-15(13)17-11-5-10-16(14)17;/h1-4,6-10H,11H2;/q-1;+1. The molecule has 0 amide bonds. The van der Waals surface area contributed by atoms with E-state index in [9.17, 15) is 0 Å². The van der Waals surface area contributed by atoms with Gasteiger partial charge in [-0.3, -0.25) is 6.08 Å². The van der Waals surface area contributed by atoms with E-state index in [-0.39, 0.29) is 18.9 Å². The smallest absolute Gasteiger partial charge is 0.272 e. The van der Waals surface area contributed by atoms with Crippen molar-refractivity contribution in [1.82, 2.24) is 0 Å². The first kappa shape index (κ1) is 11.6. The summed E-state index contributed by atoms with van der Waals surface area (Å²) >= 11 is 0. The average Bonchev–Trinajstić information content (AvgIpc) is 2.89. The Balaban J connectivity index is 0.000001000. The maximum absolute atomic E-state index is 3.35. The van der Waals surface area contributed by atoms with Gasteiger partial charge in [-0.1, -0.05) is 53.9 Å².